The van der Waals surface area contributed by atoms with Crippen molar-refractivity contribution in [2.24, 2.45) is 0 Å². The number of aryl methyl sites for hydroxylation is 3. The molecule has 2 heterocycles. The minimum atomic E-state index is 0.0478. The highest BCUT2D eigenvalue weighted by Crippen LogP contribution is 2.34. The number of para-hydroxylation sites is 4. The number of nitrogens with zero attached hydrogens (tertiary/aromatic N) is 3. The molecule has 1 saturated heterocycles. The smallest absolute Gasteiger partial charge is 0.227 e. The Labute approximate surface area is 206 Å². The van der Waals surface area contributed by atoms with E-state index in [2.05, 4.69) is 36.6 Å². The highest BCUT2D eigenvalue weighted by Gasteiger charge is 2.34. The SMILES string of the molecule is COc1ccccc1OCCCn1c([C@@H]2CC(=O)N(c3ccc(C)c(C)c3)C2)nc2ccccc21. The van der Waals surface area contributed by atoms with Gasteiger partial charge in [0, 0.05) is 31.1 Å². The molecular formula is C29H31N3O3. The van der Waals surface area contributed by atoms with Gasteiger partial charge in [-0.2, -0.15) is 0 Å². The maximum absolute atomic E-state index is 13.0. The fourth-order valence-corrected chi connectivity index (χ4v) is 4.81. The summed E-state index contributed by atoms with van der Waals surface area (Å²) >= 11 is 0. The Hall–Kier alpha value is -3.80. The average Bonchev–Trinajstić information content (AvgIpc) is 3.44. The summed E-state index contributed by atoms with van der Waals surface area (Å²) in [7, 11) is 1.65. The minimum absolute atomic E-state index is 0.0478. The Morgan fingerprint density at radius 2 is 1.74 bits per heavy atom. The van der Waals surface area contributed by atoms with Gasteiger partial charge in [0.2, 0.25) is 5.91 Å². The number of amides is 1. The van der Waals surface area contributed by atoms with Crippen molar-refractivity contribution in [2.75, 3.05) is 25.2 Å². The number of anilines is 1. The summed E-state index contributed by atoms with van der Waals surface area (Å²) in [6.07, 6.45) is 1.28. The van der Waals surface area contributed by atoms with Crippen LogP contribution in [0, 0.1) is 13.8 Å². The third-order valence-corrected chi connectivity index (χ3v) is 6.83. The molecule has 0 bridgehead atoms. The first kappa shape index (κ1) is 23.0. The van der Waals surface area contributed by atoms with Crippen molar-refractivity contribution in [1.29, 1.82) is 0 Å². The van der Waals surface area contributed by atoms with Crippen molar-refractivity contribution < 1.29 is 14.3 Å². The summed E-state index contributed by atoms with van der Waals surface area (Å²) in [5.41, 5.74) is 5.45. The van der Waals surface area contributed by atoms with Crippen LogP contribution in [0.1, 0.15) is 35.7 Å². The quantitative estimate of drug-likeness (QED) is 0.313. The molecule has 0 unspecified atom stereocenters. The summed E-state index contributed by atoms with van der Waals surface area (Å²) < 4.78 is 13.6. The van der Waals surface area contributed by atoms with Crippen LogP contribution in [-0.2, 0) is 11.3 Å². The van der Waals surface area contributed by atoms with E-state index in [-0.39, 0.29) is 11.8 Å². The van der Waals surface area contributed by atoms with Crippen molar-refractivity contribution in [3.05, 3.63) is 83.7 Å². The Morgan fingerprint density at radius 3 is 2.54 bits per heavy atom. The molecule has 0 spiro atoms. The van der Waals surface area contributed by atoms with Crippen molar-refractivity contribution in [3.63, 3.8) is 0 Å². The van der Waals surface area contributed by atoms with E-state index >= 15 is 0 Å². The minimum Gasteiger partial charge on any atom is -0.493 e. The van der Waals surface area contributed by atoms with Gasteiger partial charge in [-0.1, -0.05) is 30.3 Å². The maximum atomic E-state index is 13.0. The number of ether oxygens (including phenoxy) is 2. The normalized spacial score (nSPS) is 15.7. The number of carbonyl (C=O) groups excluding carboxylic acids is 1. The Bertz CT molecular complexity index is 1360. The average molecular weight is 470 g/mol. The van der Waals surface area contributed by atoms with Crippen molar-refractivity contribution >= 4 is 22.6 Å². The van der Waals surface area contributed by atoms with Crippen molar-refractivity contribution in [3.8, 4) is 11.5 Å². The number of hydrogen-bond donors (Lipinski definition) is 0. The fourth-order valence-electron chi connectivity index (χ4n) is 4.81. The van der Waals surface area contributed by atoms with E-state index in [1.54, 1.807) is 7.11 Å². The molecule has 1 amide bonds. The van der Waals surface area contributed by atoms with E-state index < -0.39 is 0 Å². The lowest BCUT2D eigenvalue weighted by atomic mass is 10.1. The summed E-state index contributed by atoms with van der Waals surface area (Å²) in [5.74, 6) is 2.65. The van der Waals surface area contributed by atoms with E-state index in [1.807, 2.05) is 53.4 Å². The lowest BCUT2D eigenvalue weighted by molar-refractivity contribution is -0.117. The first-order valence-electron chi connectivity index (χ1n) is 12.1. The maximum Gasteiger partial charge on any atom is 0.227 e. The molecule has 5 rings (SSSR count). The predicted molar refractivity (Wildman–Crippen MR) is 138 cm³/mol. The molecule has 1 aliphatic rings. The standard InChI is InChI=1S/C29H31N3O3/c1-20-13-14-23(17-21(20)2)32-19-22(18-28(32)33)29-30-24-9-4-5-10-25(24)31(29)15-8-16-35-27-12-7-6-11-26(27)34-3/h4-7,9-14,17,22H,8,15-16,18-19H2,1-3H3/t22-/m1/s1. The molecule has 1 aromatic heterocycles. The number of aromatic nitrogens is 2. The third-order valence-electron chi connectivity index (χ3n) is 6.83. The van der Waals surface area contributed by atoms with Crippen LogP contribution < -0.4 is 14.4 Å². The van der Waals surface area contributed by atoms with Crippen LogP contribution >= 0.6 is 0 Å². The van der Waals surface area contributed by atoms with Crippen LogP contribution in [-0.4, -0.2) is 35.7 Å². The summed E-state index contributed by atoms with van der Waals surface area (Å²) in [6, 6.07) is 22.1. The van der Waals surface area contributed by atoms with Crippen molar-refractivity contribution in [1.82, 2.24) is 9.55 Å². The van der Waals surface area contributed by atoms with Crippen LogP contribution in [0.4, 0.5) is 5.69 Å². The van der Waals surface area contributed by atoms with Gasteiger partial charge in [-0.15, -0.1) is 0 Å². The van der Waals surface area contributed by atoms with E-state index in [0.717, 1.165) is 47.0 Å². The molecule has 0 N–H and O–H groups in total. The molecule has 0 saturated carbocycles. The molecule has 6 nitrogen and oxygen atoms in total. The van der Waals surface area contributed by atoms with Crippen LogP contribution in [0.25, 0.3) is 11.0 Å². The van der Waals surface area contributed by atoms with E-state index in [4.69, 9.17) is 14.5 Å². The molecule has 1 fully saturated rings. The van der Waals surface area contributed by atoms with Gasteiger partial charge in [-0.05, 0) is 67.8 Å². The molecule has 35 heavy (non-hydrogen) atoms. The number of imidazole rings is 1. The van der Waals surface area contributed by atoms with E-state index in [1.165, 1.54) is 11.1 Å². The molecule has 1 atom stereocenters. The first-order valence-corrected chi connectivity index (χ1v) is 12.1. The van der Waals surface area contributed by atoms with E-state index in [9.17, 15) is 4.79 Å². The largest absolute Gasteiger partial charge is 0.493 e. The molecule has 6 heteroatoms. The van der Waals surface area contributed by atoms with Crippen LogP contribution in [0.5, 0.6) is 11.5 Å². The Kier molecular flexibility index (Phi) is 6.45. The van der Waals surface area contributed by atoms with Crippen LogP contribution in [0.2, 0.25) is 0 Å². The molecular weight excluding hydrogens is 438 g/mol. The topological polar surface area (TPSA) is 56.6 Å². The number of carbonyl (C=O) groups is 1. The second kappa shape index (κ2) is 9.82. The second-order valence-corrected chi connectivity index (χ2v) is 9.14. The molecule has 1 aliphatic heterocycles. The number of fused-ring (bicyclic) bond motifs is 1. The molecule has 0 radical (unpaired) electrons. The van der Waals surface area contributed by atoms with Gasteiger partial charge in [-0.3, -0.25) is 4.79 Å². The highest BCUT2D eigenvalue weighted by molar-refractivity contribution is 5.96. The van der Waals surface area contributed by atoms with Gasteiger partial charge in [0.1, 0.15) is 5.82 Å². The number of benzene rings is 3. The first-order chi connectivity index (χ1) is 17.0. The number of methoxy groups -OCH3 is 1. The molecule has 180 valence electrons. The predicted octanol–water partition coefficient (Wildman–Crippen LogP) is 5.65. The monoisotopic (exact) mass is 469 g/mol. The second-order valence-electron chi connectivity index (χ2n) is 9.14. The lowest BCUT2D eigenvalue weighted by Gasteiger charge is -2.18. The lowest BCUT2D eigenvalue weighted by Crippen LogP contribution is -2.24. The molecule has 3 aromatic carbocycles. The highest BCUT2D eigenvalue weighted by atomic mass is 16.5. The van der Waals surface area contributed by atoms with Gasteiger partial charge in [-0.25, -0.2) is 4.98 Å². The Balaban J connectivity index is 1.35. The van der Waals surface area contributed by atoms with Crippen molar-refractivity contribution in [2.45, 2.75) is 39.2 Å². The Morgan fingerprint density at radius 1 is 0.971 bits per heavy atom. The zero-order chi connectivity index (χ0) is 24.4. The number of hydrogen-bond acceptors (Lipinski definition) is 4. The zero-order valence-electron chi connectivity index (χ0n) is 20.5. The van der Waals surface area contributed by atoms with Crippen LogP contribution in [0.3, 0.4) is 0 Å². The number of rotatable bonds is 8. The summed E-state index contributed by atoms with van der Waals surface area (Å²) in [6.45, 7) is 6.14. The van der Waals surface area contributed by atoms with Gasteiger partial charge >= 0.3 is 0 Å². The third kappa shape index (κ3) is 4.61. The summed E-state index contributed by atoms with van der Waals surface area (Å²) in [4.78, 5) is 19.9. The molecule has 4 aromatic rings. The van der Waals surface area contributed by atoms with Gasteiger partial charge < -0.3 is 18.9 Å². The molecule has 0 aliphatic carbocycles. The van der Waals surface area contributed by atoms with Gasteiger partial charge in [0.25, 0.3) is 0 Å². The van der Waals surface area contributed by atoms with Crippen LogP contribution in [0.15, 0.2) is 66.7 Å². The zero-order valence-corrected chi connectivity index (χ0v) is 20.5. The fraction of sp³-hybridized carbons (Fsp3) is 0.310. The summed E-state index contributed by atoms with van der Waals surface area (Å²) in [5, 5.41) is 0. The van der Waals surface area contributed by atoms with E-state index in [0.29, 0.717) is 19.6 Å². The van der Waals surface area contributed by atoms with Gasteiger partial charge in [0.15, 0.2) is 11.5 Å². The van der Waals surface area contributed by atoms with Gasteiger partial charge in [0.05, 0.1) is 24.8 Å².